The van der Waals surface area contributed by atoms with Crippen LogP contribution in [0.5, 0.6) is 0 Å². The molecule has 1 amide bonds. The summed E-state index contributed by atoms with van der Waals surface area (Å²) in [6, 6.07) is 10.9. The number of likely N-dealkylation sites (tertiary alicyclic amines) is 1. The average molecular weight is 317 g/mol. The highest BCUT2D eigenvalue weighted by atomic mass is 16.3. The maximum absolute atomic E-state index is 12.3. The number of aliphatic hydroxyl groups is 1. The molecule has 0 atom stereocenters. The number of aliphatic hydroxyl groups excluding tert-OH is 1. The minimum atomic E-state index is 0.0436. The Morgan fingerprint density at radius 3 is 2.48 bits per heavy atom. The normalized spacial score (nSPS) is 19.5. The van der Waals surface area contributed by atoms with Crippen LogP contribution in [0.2, 0.25) is 0 Å². The van der Waals surface area contributed by atoms with Crippen molar-refractivity contribution in [3.63, 3.8) is 0 Å². The van der Waals surface area contributed by atoms with Crippen molar-refractivity contribution in [1.29, 1.82) is 0 Å². The Balaban J connectivity index is 1.47. The van der Waals surface area contributed by atoms with E-state index in [-0.39, 0.29) is 12.5 Å². The molecule has 23 heavy (non-hydrogen) atoms. The van der Waals surface area contributed by atoms with E-state index in [4.69, 9.17) is 0 Å². The number of nitrogens with one attached hydrogen (secondary N) is 1. The number of hydrogen-bond donors (Lipinski definition) is 2. The largest absolute Gasteiger partial charge is 0.395 e. The molecule has 0 bridgehead atoms. The third-order valence-electron chi connectivity index (χ3n) is 4.78. The van der Waals surface area contributed by atoms with Gasteiger partial charge in [0, 0.05) is 37.4 Å². The summed E-state index contributed by atoms with van der Waals surface area (Å²) in [5.41, 5.74) is 0.972. The minimum Gasteiger partial charge on any atom is -0.395 e. The van der Waals surface area contributed by atoms with Gasteiger partial charge in [-0.3, -0.25) is 4.79 Å². The van der Waals surface area contributed by atoms with Gasteiger partial charge < -0.3 is 20.2 Å². The maximum atomic E-state index is 12.3. The summed E-state index contributed by atoms with van der Waals surface area (Å²) in [4.78, 5) is 16.8. The Labute approximate surface area is 138 Å². The Bertz CT molecular complexity index is 496. The summed E-state index contributed by atoms with van der Waals surface area (Å²) >= 11 is 0. The second-order valence-electron chi connectivity index (χ2n) is 6.59. The van der Waals surface area contributed by atoms with Crippen molar-refractivity contribution in [3.05, 3.63) is 30.3 Å². The molecule has 2 N–H and O–H groups in total. The van der Waals surface area contributed by atoms with Gasteiger partial charge in [-0.2, -0.15) is 0 Å². The van der Waals surface area contributed by atoms with E-state index < -0.39 is 0 Å². The highest BCUT2D eigenvalue weighted by Gasteiger charge is 2.32. The van der Waals surface area contributed by atoms with E-state index >= 15 is 0 Å². The Kier molecular flexibility index (Phi) is 5.51. The van der Waals surface area contributed by atoms with Crippen molar-refractivity contribution < 1.29 is 9.90 Å². The smallest absolute Gasteiger partial charge is 0.239 e. The molecule has 1 aliphatic carbocycles. The Morgan fingerprint density at radius 2 is 1.87 bits per heavy atom. The predicted molar refractivity (Wildman–Crippen MR) is 91.5 cm³/mol. The standard InChI is InChI=1S/C18H27N3O2/c22-13-12-21(16-4-2-1-3-5-16)14-18(23)19-15-8-10-20(11-9-15)17-6-7-17/h1-5,15,17,22H,6-14H2,(H,19,23). The molecule has 1 saturated heterocycles. The molecule has 1 aliphatic heterocycles. The molecule has 1 heterocycles. The quantitative estimate of drug-likeness (QED) is 0.794. The second-order valence-corrected chi connectivity index (χ2v) is 6.59. The molecule has 1 aromatic carbocycles. The van der Waals surface area contributed by atoms with Gasteiger partial charge in [0.2, 0.25) is 5.91 Å². The van der Waals surface area contributed by atoms with Crippen molar-refractivity contribution in [2.45, 2.75) is 37.8 Å². The molecule has 1 saturated carbocycles. The summed E-state index contributed by atoms with van der Waals surface area (Å²) in [6.45, 7) is 3.02. The van der Waals surface area contributed by atoms with Crippen LogP contribution in [-0.4, -0.2) is 60.8 Å². The topological polar surface area (TPSA) is 55.8 Å². The lowest BCUT2D eigenvalue weighted by Crippen LogP contribution is -2.48. The van der Waals surface area contributed by atoms with E-state index in [1.165, 1.54) is 12.8 Å². The zero-order valence-electron chi connectivity index (χ0n) is 13.7. The Hall–Kier alpha value is -1.59. The van der Waals surface area contributed by atoms with Gasteiger partial charge in [0.25, 0.3) is 0 Å². The summed E-state index contributed by atoms with van der Waals surface area (Å²) < 4.78 is 0. The Morgan fingerprint density at radius 1 is 1.17 bits per heavy atom. The van der Waals surface area contributed by atoms with Crippen LogP contribution in [-0.2, 0) is 4.79 Å². The van der Waals surface area contributed by atoms with Crippen LogP contribution in [0.3, 0.4) is 0 Å². The number of para-hydroxylation sites is 1. The number of piperidine rings is 1. The van der Waals surface area contributed by atoms with E-state index in [2.05, 4.69) is 10.2 Å². The molecular formula is C18H27N3O2. The molecule has 0 radical (unpaired) electrons. The molecule has 5 heteroatoms. The van der Waals surface area contributed by atoms with Crippen LogP contribution >= 0.6 is 0 Å². The van der Waals surface area contributed by atoms with Crippen molar-refractivity contribution >= 4 is 11.6 Å². The zero-order chi connectivity index (χ0) is 16.1. The highest BCUT2D eigenvalue weighted by molar-refractivity contribution is 5.81. The van der Waals surface area contributed by atoms with Gasteiger partial charge >= 0.3 is 0 Å². The molecule has 3 rings (SSSR count). The van der Waals surface area contributed by atoms with Crippen LogP contribution in [0.15, 0.2) is 30.3 Å². The lowest BCUT2D eigenvalue weighted by atomic mass is 10.0. The molecule has 0 aromatic heterocycles. The van der Waals surface area contributed by atoms with E-state index in [0.717, 1.165) is 37.7 Å². The SMILES string of the molecule is O=C(CN(CCO)c1ccccc1)NC1CCN(C2CC2)CC1. The van der Waals surface area contributed by atoms with Crippen molar-refractivity contribution in [3.8, 4) is 0 Å². The summed E-state index contributed by atoms with van der Waals surface area (Å²) in [5, 5.41) is 12.4. The average Bonchev–Trinajstić information content (AvgIpc) is 3.41. The molecular weight excluding hydrogens is 290 g/mol. The van der Waals surface area contributed by atoms with Crippen LogP contribution in [0.4, 0.5) is 5.69 Å². The summed E-state index contributed by atoms with van der Waals surface area (Å²) in [6.07, 6.45) is 4.80. The van der Waals surface area contributed by atoms with Crippen molar-refractivity contribution in [1.82, 2.24) is 10.2 Å². The fourth-order valence-electron chi connectivity index (χ4n) is 3.35. The van der Waals surface area contributed by atoms with Gasteiger partial charge in [0.15, 0.2) is 0 Å². The van der Waals surface area contributed by atoms with Gasteiger partial charge in [-0.05, 0) is 37.8 Å². The minimum absolute atomic E-state index is 0.0436. The summed E-state index contributed by atoms with van der Waals surface area (Å²) in [5.74, 6) is 0.0483. The first-order valence-corrected chi connectivity index (χ1v) is 8.70. The van der Waals surface area contributed by atoms with Gasteiger partial charge in [-0.1, -0.05) is 18.2 Å². The van der Waals surface area contributed by atoms with Gasteiger partial charge in [0.1, 0.15) is 0 Å². The van der Waals surface area contributed by atoms with Crippen molar-refractivity contribution in [2.75, 3.05) is 37.7 Å². The third-order valence-corrected chi connectivity index (χ3v) is 4.78. The number of amides is 1. The van der Waals surface area contributed by atoms with Gasteiger partial charge in [-0.15, -0.1) is 0 Å². The monoisotopic (exact) mass is 317 g/mol. The van der Waals surface area contributed by atoms with Crippen LogP contribution < -0.4 is 10.2 Å². The lowest BCUT2D eigenvalue weighted by Gasteiger charge is -2.33. The number of benzene rings is 1. The van der Waals surface area contributed by atoms with Crippen LogP contribution in [0.25, 0.3) is 0 Å². The first-order chi connectivity index (χ1) is 11.3. The van der Waals surface area contributed by atoms with E-state index in [1.807, 2.05) is 35.2 Å². The second kappa shape index (κ2) is 7.79. The molecule has 2 aliphatic rings. The van der Waals surface area contributed by atoms with Gasteiger partial charge in [0.05, 0.1) is 13.2 Å². The highest BCUT2D eigenvalue weighted by Crippen LogP contribution is 2.29. The van der Waals surface area contributed by atoms with Gasteiger partial charge in [-0.25, -0.2) is 0 Å². The molecule has 0 unspecified atom stereocenters. The number of hydrogen-bond acceptors (Lipinski definition) is 4. The van der Waals surface area contributed by atoms with Crippen molar-refractivity contribution in [2.24, 2.45) is 0 Å². The lowest BCUT2D eigenvalue weighted by molar-refractivity contribution is -0.120. The fourth-order valence-corrected chi connectivity index (χ4v) is 3.35. The number of carbonyl (C=O) groups excluding carboxylic acids is 1. The number of anilines is 1. The molecule has 1 aromatic rings. The predicted octanol–water partition coefficient (Wildman–Crippen LogP) is 1.23. The first kappa shape index (κ1) is 16.3. The number of carbonyl (C=O) groups is 1. The molecule has 5 nitrogen and oxygen atoms in total. The number of rotatable bonds is 7. The molecule has 2 fully saturated rings. The maximum Gasteiger partial charge on any atom is 0.239 e. The van der Waals surface area contributed by atoms with Crippen LogP contribution in [0, 0.1) is 0 Å². The fraction of sp³-hybridized carbons (Fsp3) is 0.611. The summed E-state index contributed by atoms with van der Waals surface area (Å²) in [7, 11) is 0. The third kappa shape index (κ3) is 4.69. The molecule has 126 valence electrons. The first-order valence-electron chi connectivity index (χ1n) is 8.70. The van der Waals surface area contributed by atoms with Crippen LogP contribution in [0.1, 0.15) is 25.7 Å². The van der Waals surface area contributed by atoms with E-state index in [1.54, 1.807) is 0 Å². The molecule has 0 spiro atoms. The zero-order valence-corrected chi connectivity index (χ0v) is 13.7. The van der Waals surface area contributed by atoms with E-state index in [9.17, 15) is 9.90 Å². The van der Waals surface area contributed by atoms with E-state index in [0.29, 0.717) is 19.1 Å². The number of nitrogens with zero attached hydrogens (tertiary/aromatic N) is 2.